The maximum atomic E-state index is 5.44. The third-order valence-electron chi connectivity index (χ3n) is 2.02. The summed E-state index contributed by atoms with van der Waals surface area (Å²) in [6.07, 6.45) is 7.19. The predicted molar refractivity (Wildman–Crippen MR) is 66.2 cm³/mol. The van der Waals surface area contributed by atoms with Crippen LogP contribution in [0.3, 0.4) is 0 Å². The van der Waals surface area contributed by atoms with E-state index in [4.69, 9.17) is 4.74 Å². The van der Waals surface area contributed by atoms with Gasteiger partial charge in [-0.05, 0) is 37.8 Å². The minimum Gasteiger partial charge on any atom is -0.380 e. The molecule has 0 amide bonds. The lowest BCUT2D eigenvalue weighted by Crippen LogP contribution is -2.21. The van der Waals surface area contributed by atoms with E-state index in [0.29, 0.717) is 0 Å². The van der Waals surface area contributed by atoms with Crippen molar-refractivity contribution in [3.05, 3.63) is 0 Å². The van der Waals surface area contributed by atoms with Crippen molar-refractivity contribution in [3.8, 4) is 0 Å². The van der Waals surface area contributed by atoms with Gasteiger partial charge in [0.25, 0.3) is 0 Å². The van der Waals surface area contributed by atoms with Crippen LogP contribution in [0, 0.1) is 0 Å². The molecule has 0 saturated heterocycles. The van der Waals surface area contributed by atoms with Gasteiger partial charge in [0, 0.05) is 13.2 Å². The van der Waals surface area contributed by atoms with E-state index in [1.807, 2.05) is 11.8 Å². The summed E-state index contributed by atoms with van der Waals surface area (Å²) >= 11 is 1.93. The van der Waals surface area contributed by atoms with Crippen LogP contribution in [-0.4, -0.2) is 38.3 Å². The Labute approximate surface area is 93.2 Å². The third-order valence-corrected chi connectivity index (χ3v) is 2.71. The molecule has 3 heteroatoms. The summed E-state index contributed by atoms with van der Waals surface area (Å²) < 4.78 is 5.44. The van der Waals surface area contributed by atoms with Gasteiger partial charge >= 0.3 is 0 Å². The van der Waals surface area contributed by atoms with Crippen molar-refractivity contribution in [3.63, 3.8) is 0 Å². The number of thioether (sulfide) groups is 1. The van der Waals surface area contributed by atoms with Crippen LogP contribution in [0.25, 0.3) is 0 Å². The van der Waals surface area contributed by atoms with Crippen LogP contribution in [0.1, 0.15) is 32.6 Å². The number of rotatable bonds is 11. The van der Waals surface area contributed by atoms with Crippen LogP contribution in [0.2, 0.25) is 0 Å². The van der Waals surface area contributed by atoms with E-state index in [0.717, 1.165) is 26.3 Å². The van der Waals surface area contributed by atoms with E-state index in [1.54, 1.807) is 0 Å². The molecule has 14 heavy (non-hydrogen) atoms. The molecule has 0 aromatic carbocycles. The van der Waals surface area contributed by atoms with E-state index in [9.17, 15) is 0 Å². The van der Waals surface area contributed by atoms with Crippen LogP contribution < -0.4 is 5.32 Å². The summed E-state index contributed by atoms with van der Waals surface area (Å²) in [6.45, 7) is 6.11. The fourth-order valence-corrected chi connectivity index (χ4v) is 1.61. The van der Waals surface area contributed by atoms with Crippen LogP contribution >= 0.6 is 11.8 Å². The molecule has 0 rings (SSSR count). The van der Waals surface area contributed by atoms with E-state index in [-0.39, 0.29) is 0 Å². The van der Waals surface area contributed by atoms with Gasteiger partial charge in [0.1, 0.15) is 0 Å². The number of nitrogens with one attached hydrogen (secondary N) is 1. The smallest absolute Gasteiger partial charge is 0.0590 e. The van der Waals surface area contributed by atoms with E-state index >= 15 is 0 Å². The molecule has 0 saturated carbocycles. The molecule has 2 nitrogen and oxygen atoms in total. The van der Waals surface area contributed by atoms with E-state index in [2.05, 4.69) is 18.5 Å². The largest absolute Gasteiger partial charge is 0.380 e. The normalized spacial score (nSPS) is 10.7. The summed E-state index contributed by atoms with van der Waals surface area (Å²) in [5.74, 6) is 1.29. The van der Waals surface area contributed by atoms with Crippen molar-refractivity contribution in [2.24, 2.45) is 0 Å². The van der Waals surface area contributed by atoms with E-state index < -0.39 is 0 Å². The second-order valence-corrected chi connectivity index (χ2v) is 4.40. The first-order chi connectivity index (χ1) is 6.91. The molecule has 0 fully saturated rings. The highest BCUT2D eigenvalue weighted by Crippen LogP contribution is 1.97. The molecule has 0 spiro atoms. The van der Waals surface area contributed by atoms with Gasteiger partial charge in [0.2, 0.25) is 0 Å². The lowest BCUT2D eigenvalue weighted by atomic mass is 10.3. The molecule has 0 radical (unpaired) electrons. The molecule has 0 aliphatic rings. The highest BCUT2D eigenvalue weighted by Gasteiger charge is 1.89. The van der Waals surface area contributed by atoms with Gasteiger partial charge in [-0.1, -0.05) is 13.3 Å². The number of unbranched alkanes of at least 4 members (excludes halogenated alkanes) is 2. The van der Waals surface area contributed by atoms with Crippen molar-refractivity contribution in [1.29, 1.82) is 0 Å². The molecular formula is C11H25NOS. The average molecular weight is 219 g/mol. The summed E-state index contributed by atoms with van der Waals surface area (Å²) in [7, 11) is 0. The minimum atomic E-state index is 0.864. The Hall–Kier alpha value is 0.270. The van der Waals surface area contributed by atoms with Gasteiger partial charge in [-0.25, -0.2) is 0 Å². The zero-order chi connectivity index (χ0) is 10.5. The Morgan fingerprint density at radius 1 is 1.07 bits per heavy atom. The van der Waals surface area contributed by atoms with Gasteiger partial charge in [-0.3, -0.25) is 0 Å². The Bertz CT molecular complexity index is 89.3. The van der Waals surface area contributed by atoms with Crippen LogP contribution in [0.4, 0.5) is 0 Å². The molecule has 0 aromatic heterocycles. The molecule has 0 aromatic rings. The number of hydrogen-bond donors (Lipinski definition) is 1. The SMILES string of the molecule is CCCCOCCNCCCCSC. The lowest BCUT2D eigenvalue weighted by Gasteiger charge is -2.05. The number of ether oxygens (including phenoxy) is 1. The second kappa shape index (κ2) is 13.3. The van der Waals surface area contributed by atoms with Crippen molar-refractivity contribution in [2.75, 3.05) is 38.3 Å². The predicted octanol–water partition coefficient (Wildman–Crippen LogP) is 2.54. The molecule has 0 unspecified atom stereocenters. The zero-order valence-electron chi connectivity index (χ0n) is 9.68. The maximum Gasteiger partial charge on any atom is 0.0590 e. The first-order valence-corrected chi connectivity index (χ1v) is 7.08. The zero-order valence-corrected chi connectivity index (χ0v) is 10.5. The van der Waals surface area contributed by atoms with Gasteiger partial charge in [-0.15, -0.1) is 0 Å². The average Bonchev–Trinajstić information content (AvgIpc) is 2.21. The second-order valence-electron chi connectivity index (χ2n) is 3.42. The first-order valence-electron chi connectivity index (χ1n) is 5.69. The lowest BCUT2D eigenvalue weighted by molar-refractivity contribution is 0.133. The van der Waals surface area contributed by atoms with E-state index in [1.165, 1.54) is 31.4 Å². The highest BCUT2D eigenvalue weighted by atomic mass is 32.2. The summed E-state index contributed by atoms with van der Waals surface area (Å²) in [5, 5.41) is 3.39. The number of hydrogen-bond acceptors (Lipinski definition) is 3. The fourth-order valence-electron chi connectivity index (χ4n) is 1.11. The summed E-state index contributed by atoms with van der Waals surface area (Å²) in [5.41, 5.74) is 0. The molecule has 1 N–H and O–H groups in total. The van der Waals surface area contributed by atoms with Gasteiger partial charge in [0.15, 0.2) is 0 Å². The Morgan fingerprint density at radius 3 is 2.64 bits per heavy atom. The van der Waals surface area contributed by atoms with Gasteiger partial charge < -0.3 is 10.1 Å². The van der Waals surface area contributed by atoms with Crippen molar-refractivity contribution in [2.45, 2.75) is 32.6 Å². The van der Waals surface area contributed by atoms with Crippen LogP contribution in [0.5, 0.6) is 0 Å². The van der Waals surface area contributed by atoms with Crippen molar-refractivity contribution >= 4 is 11.8 Å². The van der Waals surface area contributed by atoms with Crippen LogP contribution in [0.15, 0.2) is 0 Å². The van der Waals surface area contributed by atoms with Crippen molar-refractivity contribution in [1.82, 2.24) is 5.32 Å². The monoisotopic (exact) mass is 219 g/mol. The molecular weight excluding hydrogens is 194 g/mol. The van der Waals surface area contributed by atoms with Gasteiger partial charge in [-0.2, -0.15) is 11.8 Å². The molecule has 0 heterocycles. The molecule has 86 valence electrons. The first kappa shape index (κ1) is 14.3. The molecule has 0 atom stereocenters. The molecule has 0 bridgehead atoms. The standard InChI is InChI=1S/C11H25NOS/c1-3-4-9-13-10-8-12-7-5-6-11-14-2/h12H,3-11H2,1-2H3. The fraction of sp³-hybridized carbons (Fsp3) is 1.00. The topological polar surface area (TPSA) is 21.3 Å². The Balaban J connectivity index is 2.78. The third kappa shape index (κ3) is 12.3. The quantitative estimate of drug-likeness (QED) is 0.540. The summed E-state index contributed by atoms with van der Waals surface area (Å²) in [4.78, 5) is 0. The summed E-state index contributed by atoms with van der Waals surface area (Å²) in [6, 6.07) is 0. The van der Waals surface area contributed by atoms with Crippen LogP contribution in [-0.2, 0) is 4.74 Å². The molecule has 0 aliphatic heterocycles. The maximum absolute atomic E-state index is 5.44. The Kier molecular flexibility index (Phi) is 13.5. The molecule has 0 aliphatic carbocycles. The minimum absolute atomic E-state index is 0.864. The van der Waals surface area contributed by atoms with Crippen molar-refractivity contribution < 1.29 is 4.74 Å². The Morgan fingerprint density at radius 2 is 1.93 bits per heavy atom. The van der Waals surface area contributed by atoms with Gasteiger partial charge in [0.05, 0.1) is 6.61 Å². The highest BCUT2D eigenvalue weighted by molar-refractivity contribution is 7.98.